The molecule has 1 aromatic rings. The number of rotatable bonds is 11. The van der Waals surface area contributed by atoms with Gasteiger partial charge in [-0.2, -0.15) is 74.6 Å². The highest BCUT2D eigenvalue weighted by Gasteiger charge is 2.95. The quantitative estimate of drug-likeness (QED) is 0.201. The average molecular weight is 703 g/mol. The van der Waals surface area contributed by atoms with Crippen LogP contribution in [0.1, 0.15) is 88.2 Å². The number of halogens is 17. The smallest absolute Gasteiger partial charge is 0.194 e. The van der Waals surface area contributed by atoms with Gasteiger partial charge in [-0.25, -0.2) is 0 Å². The molecule has 3 rings (SSSR count). The Kier molecular flexibility index (Phi) is 10.4. The van der Waals surface area contributed by atoms with Crippen LogP contribution in [-0.2, 0) is 5.92 Å². The molecule has 0 amide bonds. The van der Waals surface area contributed by atoms with Gasteiger partial charge < -0.3 is 0 Å². The van der Waals surface area contributed by atoms with Crippen molar-refractivity contribution >= 4 is 0 Å². The fourth-order valence-electron chi connectivity index (χ4n) is 6.59. The second-order valence-electron chi connectivity index (χ2n) is 12.3. The monoisotopic (exact) mass is 702 g/mol. The number of hydrogen-bond donors (Lipinski definition) is 0. The minimum atomic E-state index is -8.63. The second kappa shape index (κ2) is 12.5. The van der Waals surface area contributed by atoms with Crippen LogP contribution in [0.4, 0.5) is 74.6 Å². The first-order valence-electron chi connectivity index (χ1n) is 14.5. The van der Waals surface area contributed by atoms with Crippen LogP contribution in [-0.4, -0.2) is 41.7 Å². The number of alkyl halides is 17. The van der Waals surface area contributed by atoms with Crippen LogP contribution in [0.5, 0.6) is 0 Å². The van der Waals surface area contributed by atoms with Crippen LogP contribution in [0.25, 0.3) is 0 Å². The Bertz CT molecular complexity index is 1150. The van der Waals surface area contributed by atoms with Crippen molar-refractivity contribution in [2.45, 2.75) is 125 Å². The Morgan fingerprint density at radius 2 is 0.848 bits per heavy atom. The molecule has 2 aliphatic carbocycles. The maximum Gasteiger partial charge on any atom is 0.460 e. The molecule has 0 bridgehead atoms. The molecule has 2 saturated carbocycles. The fourth-order valence-corrected chi connectivity index (χ4v) is 6.59. The molecule has 2 aliphatic rings. The van der Waals surface area contributed by atoms with Gasteiger partial charge in [0.2, 0.25) is 0 Å². The van der Waals surface area contributed by atoms with Gasteiger partial charge in [0.15, 0.2) is 0 Å². The maximum atomic E-state index is 14.7. The van der Waals surface area contributed by atoms with E-state index >= 15 is 0 Å². The van der Waals surface area contributed by atoms with Crippen LogP contribution in [0.15, 0.2) is 24.3 Å². The molecule has 0 radical (unpaired) electrons. The molecule has 1 aromatic carbocycles. The molecular weight excluding hydrogens is 671 g/mol. The van der Waals surface area contributed by atoms with E-state index in [-0.39, 0.29) is 23.6 Å². The molecule has 266 valence electrons. The zero-order valence-corrected chi connectivity index (χ0v) is 24.1. The summed E-state index contributed by atoms with van der Waals surface area (Å²) in [5.41, 5.74) is -1.89. The Labute approximate surface area is 253 Å². The van der Waals surface area contributed by atoms with Crippen molar-refractivity contribution in [2.24, 2.45) is 17.8 Å². The first kappa shape index (κ1) is 38.5. The highest BCUT2D eigenvalue weighted by Crippen LogP contribution is 2.65. The van der Waals surface area contributed by atoms with Crippen LogP contribution >= 0.6 is 0 Å². The summed E-state index contributed by atoms with van der Waals surface area (Å²) in [5.74, 6) is -55.1. The lowest BCUT2D eigenvalue weighted by Gasteiger charge is -2.42. The molecule has 17 heteroatoms. The Balaban J connectivity index is 1.79. The molecule has 0 nitrogen and oxygen atoms in total. The highest BCUT2D eigenvalue weighted by atomic mass is 19.4. The van der Waals surface area contributed by atoms with Gasteiger partial charge in [0.1, 0.15) is 0 Å². The number of hydrogen-bond acceptors (Lipinski definition) is 0. The van der Waals surface area contributed by atoms with Crippen molar-refractivity contribution in [3.05, 3.63) is 35.4 Å². The van der Waals surface area contributed by atoms with Crippen molar-refractivity contribution < 1.29 is 74.6 Å². The lowest BCUT2D eigenvalue weighted by atomic mass is 9.68. The van der Waals surface area contributed by atoms with Gasteiger partial charge in [0.05, 0.1) is 0 Å². The third kappa shape index (κ3) is 6.06. The summed E-state index contributed by atoms with van der Waals surface area (Å²) in [5, 5.41) is 0. The van der Waals surface area contributed by atoms with Crippen molar-refractivity contribution in [2.75, 3.05) is 0 Å². The van der Waals surface area contributed by atoms with Crippen LogP contribution < -0.4 is 0 Å². The zero-order valence-electron chi connectivity index (χ0n) is 24.1. The van der Waals surface area contributed by atoms with E-state index in [2.05, 4.69) is 6.92 Å². The van der Waals surface area contributed by atoms with Crippen molar-refractivity contribution in [1.82, 2.24) is 0 Å². The first-order valence-corrected chi connectivity index (χ1v) is 14.5. The minimum Gasteiger partial charge on any atom is -0.194 e. The van der Waals surface area contributed by atoms with Crippen LogP contribution in [0.2, 0.25) is 0 Å². The van der Waals surface area contributed by atoms with E-state index in [9.17, 15) is 74.6 Å². The van der Waals surface area contributed by atoms with Gasteiger partial charge in [0, 0.05) is 5.56 Å². The molecule has 0 spiro atoms. The van der Waals surface area contributed by atoms with E-state index < -0.39 is 53.2 Å². The van der Waals surface area contributed by atoms with Gasteiger partial charge in [-0.3, -0.25) is 0 Å². The normalized spacial score (nSPS) is 25.1. The molecule has 0 saturated heterocycles. The van der Waals surface area contributed by atoms with Gasteiger partial charge >= 0.3 is 47.6 Å². The molecule has 46 heavy (non-hydrogen) atoms. The summed E-state index contributed by atoms with van der Waals surface area (Å²) >= 11 is 0. The van der Waals surface area contributed by atoms with Crippen LogP contribution in [0.3, 0.4) is 0 Å². The third-order valence-corrected chi connectivity index (χ3v) is 9.49. The number of benzene rings is 1. The summed E-state index contributed by atoms with van der Waals surface area (Å²) in [6.07, 6.45) is 1.42. The lowest BCUT2D eigenvalue weighted by Crippen LogP contribution is -2.74. The molecule has 0 heterocycles. The summed E-state index contributed by atoms with van der Waals surface area (Å²) in [6.45, 7) is 2.11. The third-order valence-electron chi connectivity index (χ3n) is 9.49. The maximum absolute atomic E-state index is 14.7. The molecule has 0 aliphatic heterocycles. The average Bonchev–Trinajstić information content (AvgIpc) is 2.96. The largest absolute Gasteiger partial charge is 0.460 e. The predicted octanol–water partition coefficient (Wildman–Crippen LogP) is 12.0. The first-order chi connectivity index (χ1) is 20.7. The molecule has 0 N–H and O–H groups in total. The van der Waals surface area contributed by atoms with E-state index in [1.807, 2.05) is 0 Å². The van der Waals surface area contributed by atoms with Gasteiger partial charge in [-0.05, 0) is 67.8 Å². The van der Waals surface area contributed by atoms with Crippen molar-refractivity contribution in [3.63, 3.8) is 0 Å². The summed E-state index contributed by atoms with van der Waals surface area (Å²) in [7, 11) is 0. The highest BCUT2D eigenvalue weighted by molar-refractivity contribution is 5.31. The second-order valence-corrected chi connectivity index (χ2v) is 12.3. The van der Waals surface area contributed by atoms with E-state index in [1.165, 1.54) is 0 Å². The summed E-state index contributed by atoms with van der Waals surface area (Å²) < 4.78 is 231. The van der Waals surface area contributed by atoms with Gasteiger partial charge in [0.25, 0.3) is 0 Å². The van der Waals surface area contributed by atoms with E-state index in [1.54, 1.807) is 0 Å². The lowest BCUT2D eigenvalue weighted by molar-refractivity contribution is -0.462. The zero-order chi connectivity index (χ0) is 35.4. The molecule has 0 unspecified atom stereocenters. The molecule has 0 atom stereocenters. The van der Waals surface area contributed by atoms with Crippen molar-refractivity contribution in [3.8, 4) is 0 Å². The Morgan fingerprint density at radius 3 is 1.24 bits per heavy atom. The van der Waals surface area contributed by atoms with E-state index in [0.29, 0.717) is 30.6 Å². The standard InChI is InChI=1S/C29H31F17/c1-2-3-16-4-6-17(7-5-16)18-8-10-19(11-9-18)20-12-14-21(15-13-20)22(30,31)23(32,33)24(34,35)25(36,37)26(38,39)27(40,41)28(42,43)29(44,45)46/h12-19H,2-11H2,1H3/t16-,17-,18?,19?. The minimum absolute atomic E-state index is 0.100. The fraction of sp³-hybridized carbons (Fsp3) is 0.793. The Morgan fingerprint density at radius 1 is 0.478 bits per heavy atom. The molecule has 0 aromatic heterocycles. The summed E-state index contributed by atoms with van der Waals surface area (Å²) in [4.78, 5) is 0. The SMILES string of the molecule is CCC[C@H]1CC[C@H](C2CCC(c3ccc(C(F)(F)C(F)(F)C(F)(F)C(F)(F)C(F)(F)C(F)(F)C(F)(F)C(F)(F)F)cc3)CC2)CC1. The molecule has 2 fully saturated rings. The predicted molar refractivity (Wildman–Crippen MR) is 131 cm³/mol. The van der Waals surface area contributed by atoms with Gasteiger partial charge in [-0.15, -0.1) is 0 Å². The van der Waals surface area contributed by atoms with Gasteiger partial charge in [-0.1, -0.05) is 56.9 Å². The topological polar surface area (TPSA) is 0 Å². The van der Waals surface area contributed by atoms with Crippen molar-refractivity contribution in [1.29, 1.82) is 0 Å². The van der Waals surface area contributed by atoms with E-state index in [4.69, 9.17) is 0 Å². The summed E-state index contributed by atoms with van der Waals surface area (Å²) in [6, 6.07) is 1.76. The molecular formula is C29H31F17. The van der Waals surface area contributed by atoms with Crippen LogP contribution in [0, 0.1) is 17.8 Å². The Hall–Kier alpha value is -1.97. The van der Waals surface area contributed by atoms with E-state index in [0.717, 1.165) is 63.5 Å².